The van der Waals surface area contributed by atoms with Crippen molar-refractivity contribution in [1.29, 1.82) is 0 Å². The molecule has 8 aromatic carbocycles. The van der Waals surface area contributed by atoms with Gasteiger partial charge in [-0.25, -0.2) is 0 Å². The van der Waals surface area contributed by atoms with Gasteiger partial charge in [-0.05, 0) is 80.3 Å². The largest absolute Gasteiger partial charge is 0.456 e. The van der Waals surface area contributed by atoms with Crippen LogP contribution in [0.3, 0.4) is 0 Å². The van der Waals surface area contributed by atoms with E-state index >= 15 is 0 Å². The summed E-state index contributed by atoms with van der Waals surface area (Å²) in [6.45, 7) is 4.98. The highest BCUT2D eigenvalue weighted by atomic mass is 28.3. The highest BCUT2D eigenvalue weighted by molar-refractivity contribution is 7.05. The Balaban J connectivity index is 1.18. The van der Waals surface area contributed by atoms with Crippen molar-refractivity contribution in [2.24, 2.45) is 0 Å². The lowest BCUT2D eigenvalue weighted by molar-refractivity contribution is 0.669. The highest BCUT2D eigenvalue weighted by Gasteiger charge is 2.42. The van der Waals surface area contributed by atoms with Crippen molar-refractivity contribution < 1.29 is 8.83 Å². The van der Waals surface area contributed by atoms with Crippen LogP contribution >= 0.6 is 0 Å². The number of para-hydroxylation sites is 2. The molecular formula is C48H33NO2Si. The molecule has 10 aromatic rings. The molecular weight excluding hydrogens is 651 g/mol. The standard InChI is InChI=1S/C48H33NO2Si/c1-52(2)44-29-28-36-35-15-5-7-21-41(35)51-47(36)46(44)38-18-10-20-40(48(38)52)49(39-19-11-23-43-45(39)37-16-6-8-22-42(37)50-43)32-26-24-31(25-27-32)34-17-9-13-30-12-3-4-14-33(30)34/h3-29H,1-2H3. The molecule has 0 saturated carbocycles. The second-order valence-corrected chi connectivity index (χ2v) is 18.7. The second-order valence-electron chi connectivity index (χ2n) is 14.4. The minimum Gasteiger partial charge on any atom is -0.456 e. The van der Waals surface area contributed by atoms with E-state index in [1.54, 1.807) is 0 Å². The lowest BCUT2D eigenvalue weighted by atomic mass is 9.97. The first-order valence-electron chi connectivity index (χ1n) is 17.9. The van der Waals surface area contributed by atoms with Gasteiger partial charge in [0, 0.05) is 33.1 Å². The Hall–Kier alpha value is -6.36. The van der Waals surface area contributed by atoms with Crippen LogP contribution in [0.1, 0.15) is 0 Å². The van der Waals surface area contributed by atoms with Gasteiger partial charge in [0.25, 0.3) is 0 Å². The van der Waals surface area contributed by atoms with E-state index in [2.05, 4.69) is 176 Å². The third-order valence-corrected chi connectivity index (χ3v) is 14.8. The summed E-state index contributed by atoms with van der Waals surface area (Å²) in [5.41, 5.74) is 12.1. The van der Waals surface area contributed by atoms with Crippen molar-refractivity contribution in [2.45, 2.75) is 13.1 Å². The summed E-state index contributed by atoms with van der Waals surface area (Å²) in [4.78, 5) is 2.48. The molecule has 0 aliphatic carbocycles. The zero-order chi connectivity index (χ0) is 34.6. The Labute approximate surface area is 302 Å². The van der Waals surface area contributed by atoms with Crippen LogP contribution in [0.5, 0.6) is 0 Å². The molecule has 52 heavy (non-hydrogen) atoms. The number of hydrogen-bond acceptors (Lipinski definition) is 3. The lowest BCUT2D eigenvalue weighted by Crippen LogP contribution is -2.50. The minimum absolute atomic E-state index is 0.882. The highest BCUT2D eigenvalue weighted by Crippen LogP contribution is 2.46. The van der Waals surface area contributed by atoms with E-state index in [-0.39, 0.29) is 0 Å². The maximum absolute atomic E-state index is 6.69. The summed E-state index contributed by atoms with van der Waals surface area (Å²) in [6.07, 6.45) is 0. The number of fused-ring (bicyclic) bond motifs is 11. The average Bonchev–Trinajstić information content (AvgIpc) is 3.83. The zero-order valence-corrected chi connectivity index (χ0v) is 29.9. The molecule has 246 valence electrons. The van der Waals surface area contributed by atoms with Gasteiger partial charge >= 0.3 is 0 Å². The fourth-order valence-corrected chi connectivity index (χ4v) is 12.3. The number of anilines is 3. The van der Waals surface area contributed by atoms with E-state index in [1.165, 1.54) is 54.5 Å². The van der Waals surface area contributed by atoms with Gasteiger partial charge in [-0.15, -0.1) is 0 Å². The molecule has 1 aliphatic rings. The van der Waals surface area contributed by atoms with Gasteiger partial charge < -0.3 is 13.7 Å². The summed E-state index contributed by atoms with van der Waals surface area (Å²) in [6, 6.07) is 59.0. The monoisotopic (exact) mass is 683 g/mol. The van der Waals surface area contributed by atoms with E-state index in [0.29, 0.717) is 0 Å². The topological polar surface area (TPSA) is 29.5 Å². The van der Waals surface area contributed by atoms with Crippen LogP contribution in [0, 0.1) is 0 Å². The quantitative estimate of drug-likeness (QED) is 0.173. The Bertz CT molecular complexity index is 3050. The molecule has 0 fully saturated rings. The summed E-state index contributed by atoms with van der Waals surface area (Å²) in [7, 11) is -2.24. The third kappa shape index (κ3) is 4.07. The molecule has 0 spiro atoms. The molecule has 0 amide bonds. The Morgan fingerprint density at radius 2 is 1.10 bits per heavy atom. The Morgan fingerprint density at radius 3 is 1.94 bits per heavy atom. The first kappa shape index (κ1) is 29.4. The van der Waals surface area contributed by atoms with E-state index in [1.807, 2.05) is 6.07 Å². The number of hydrogen-bond donors (Lipinski definition) is 0. The molecule has 2 aromatic heterocycles. The molecule has 0 bridgehead atoms. The van der Waals surface area contributed by atoms with Gasteiger partial charge in [-0.3, -0.25) is 0 Å². The van der Waals surface area contributed by atoms with Crippen LogP contribution in [0.4, 0.5) is 17.1 Å². The SMILES string of the molecule is C[Si]1(C)c2ccc3c(oc4ccccc43)c2-c2cccc(N(c3ccc(-c4cccc5ccccc45)cc3)c3cccc4oc5ccccc5c34)c21. The van der Waals surface area contributed by atoms with Crippen molar-refractivity contribution in [2.75, 3.05) is 4.90 Å². The van der Waals surface area contributed by atoms with Crippen LogP contribution in [-0.4, -0.2) is 8.07 Å². The summed E-state index contributed by atoms with van der Waals surface area (Å²) in [5, 5.41) is 9.90. The average molecular weight is 684 g/mol. The normalized spacial score (nSPS) is 13.3. The van der Waals surface area contributed by atoms with E-state index in [4.69, 9.17) is 8.83 Å². The van der Waals surface area contributed by atoms with Crippen molar-refractivity contribution in [3.63, 3.8) is 0 Å². The summed E-state index contributed by atoms with van der Waals surface area (Å²) >= 11 is 0. The van der Waals surface area contributed by atoms with Crippen LogP contribution in [0.25, 0.3) is 76.9 Å². The molecule has 0 unspecified atom stereocenters. The third-order valence-electron chi connectivity index (χ3n) is 11.2. The minimum atomic E-state index is -2.24. The van der Waals surface area contributed by atoms with E-state index in [9.17, 15) is 0 Å². The maximum atomic E-state index is 6.69. The Kier molecular flexibility index (Phi) is 6.11. The van der Waals surface area contributed by atoms with Crippen molar-refractivity contribution in [3.05, 3.63) is 164 Å². The molecule has 1 aliphatic heterocycles. The van der Waals surface area contributed by atoms with Crippen LogP contribution in [0.2, 0.25) is 13.1 Å². The summed E-state index contributed by atoms with van der Waals surface area (Å²) < 4.78 is 13.2. The Morgan fingerprint density at radius 1 is 0.462 bits per heavy atom. The molecule has 3 heterocycles. The lowest BCUT2D eigenvalue weighted by Gasteiger charge is -2.32. The molecule has 0 radical (unpaired) electrons. The van der Waals surface area contributed by atoms with Gasteiger partial charge in [-0.2, -0.15) is 0 Å². The number of benzene rings is 8. The van der Waals surface area contributed by atoms with Crippen molar-refractivity contribution >= 4 is 90.2 Å². The van der Waals surface area contributed by atoms with E-state index < -0.39 is 8.07 Å². The van der Waals surface area contributed by atoms with Gasteiger partial charge in [-0.1, -0.05) is 134 Å². The van der Waals surface area contributed by atoms with E-state index in [0.717, 1.165) is 49.9 Å². The van der Waals surface area contributed by atoms with Gasteiger partial charge in [0.2, 0.25) is 0 Å². The molecule has 0 atom stereocenters. The van der Waals surface area contributed by atoms with Crippen LogP contribution < -0.4 is 15.3 Å². The molecule has 3 nitrogen and oxygen atoms in total. The first-order chi connectivity index (χ1) is 25.6. The zero-order valence-electron chi connectivity index (χ0n) is 28.9. The fraction of sp³-hybridized carbons (Fsp3) is 0.0417. The molecule has 0 saturated heterocycles. The van der Waals surface area contributed by atoms with Crippen LogP contribution in [-0.2, 0) is 0 Å². The van der Waals surface area contributed by atoms with Gasteiger partial charge in [0.1, 0.15) is 30.4 Å². The van der Waals surface area contributed by atoms with Crippen LogP contribution in [0.15, 0.2) is 173 Å². The number of rotatable bonds is 4. The predicted molar refractivity (Wildman–Crippen MR) is 221 cm³/mol. The smallest absolute Gasteiger partial charge is 0.143 e. The first-order valence-corrected chi connectivity index (χ1v) is 20.9. The maximum Gasteiger partial charge on any atom is 0.143 e. The van der Waals surface area contributed by atoms with Crippen molar-refractivity contribution in [1.82, 2.24) is 0 Å². The fourth-order valence-electron chi connectivity index (χ4n) is 8.92. The van der Waals surface area contributed by atoms with Crippen molar-refractivity contribution in [3.8, 4) is 22.3 Å². The number of nitrogens with zero attached hydrogens (tertiary/aromatic N) is 1. The second kappa shape index (κ2) is 10.8. The molecule has 11 rings (SSSR count). The number of furan rings is 2. The van der Waals surface area contributed by atoms with Gasteiger partial charge in [0.15, 0.2) is 0 Å². The van der Waals surface area contributed by atoms with Gasteiger partial charge in [0.05, 0.1) is 11.1 Å². The molecule has 0 N–H and O–H groups in total. The predicted octanol–water partition coefficient (Wildman–Crippen LogP) is 12.6. The molecule has 4 heteroatoms. The summed E-state index contributed by atoms with van der Waals surface area (Å²) in [5.74, 6) is 0.